The third-order valence-corrected chi connectivity index (χ3v) is 3.46. The standard InChI is InChI=1S/C16H23NO3/c1-5-13-6-7-14(20-13)9-17-10-16(4,18)15-8-11(2)19-12(15)3/h6-8,17-18H,5,9-10H2,1-4H3. The molecule has 2 aromatic heterocycles. The van der Waals surface area contributed by atoms with Gasteiger partial charge in [0.2, 0.25) is 0 Å². The molecular weight excluding hydrogens is 254 g/mol. The maximum Gasteiger partial charge on any atom is 0.117 e. The van der Waals surface area contributed by atoms with E-state index in [1.807, 2.05) is 32.0 Å². The van der Waals surface area contributed by atoms with Crippen LogP contribution >= 0.6 is 0 Å². The molecule has 2 rings (SSSR count). The Balaban J connectivity index is 1.93. The Morgan fingerprint density at radius 2 is 1.90 bits per heavy atom. The zero-order valence-corrected chi connectivity index (χ0v) is 12.6. The van der Waals surface area contributed by atoms with Crippen molar-refractivity contribution in [2.75, 3.05) is 6.54 Å². The van der Waals surface area contributed by atoms with Gasteiger partial charge < -0.3 is 19.3 Å². The van der Waals surface area contributed by atoms with E-state index in [0.29, 0.717) is 13.1 Å². The van der Waals surface area contributed by atoms with Gasteiger partial charge in [-0.3, -0.25) is 0 Å². The summed E-state index contributed by atoms with van der Waals surface area (Å²) >= 11 is 0. The predicted octanol–water partition coefficient (Wildman–Crippen LogP) is 3.05. The normalized spacial score (nSPS) is 14.4. The Bertz CT molecular complexity index is 566. The second-order valence-corrected chi connectivity index (χ2v) is 5.43. The number of aryl methyl sites for hydroxylation is 3. The molecule has 0 radical (unpaired) electrons. The highest BCUT2D eigenvalue weighted by molar-refractivity contribution is 5.26. The molecule has 0 aliphatic carbocycles. The van der Waals surface area contributed by atoms with Crippen molar-refractivity contribution < 1.29 is 13.9 Å². The molecule has 1 atom stereocenters. The molecule has 0 saturated carbocycles. The van der Waals surface area contributed by atoms with Crippen molar-refractivity contribution in [2.24, 2.45) is 0 Å². The largest absolute Gasteiger partial charge is 0.466 e. The molecule has 0 aromatic carbocycles. The lowest BCUT2D eigenvalue weighted by molar-refractivity contribution is 0.0547. The molecule has 110 valence electrons. The summed E-state index contributed by atoms with van der Waals surface area (Å²) in [6.07, 6.45) is 0.894. The quantitative estimate of drug-likeness (QED) is 0.852. The highest BCUT2D eigenvalue weighted by Crippen LogP contribution is 2.26. The smallest absolute Gasteiger partial charge is 0.117 e. The molecule has 1 unspecified atom stereocenters. The summed E-state index contributed by atoms with van der Waals surface area (Å²) in [5.41, 5.74) is -0.127. The van der Waals surface area contributed by atoms with Gasteiger partial charge >= 0.3 is 0 Å². The summed E-state index contributed by atoms with van der Waals surface area (Å²) in [5.74, 6) is 3.45. The van der Waals surface area contributed by atoms with Crippen LogP contribution in [0.3, 0.4) is 0 Å². The number of rotatable bonds is 6. The Labute approximate surface area is 119 Å². The van der Waals surface area contributed by atoms with Gasteiger partial charge in [0.15, 0.2) is 0 Å². The van der Waals surface area contributed by atoms with E-state index in [4.69, 9.17) is 8.83 Å². The molecule has 2 aromatic rings. The minimum Gasteiger partial charge on any atom is -0.466 e. The van der Waals surface area contributed by atoms with E-state index in [9.17, 15) is 5.11 Å². The molecule has 4 nitrogen and oxygen atoms in total. The molecule has 2 heterocycles. The third-order valence-electron chi connectivity index (χ3n) is 3.46. The van der Waals surface area contributed by atoms with Crippen molar-refractivity contribution in [2.45, 2.75) is 46.3 Å². The lowest BCUT2D eigenvalue weighted by Crippen LogP contribution is -2.35. The van der Waals surface area contributed by atoms with Crippen molar-refractivity contribution in [3.63, 3.8) is 0 Å². The van der Waals surface area contributed by atoms with Crippen molar-refractivity contribution in [3.05, 3.63) is 46.8 Å². The van der Waals surface area contributed by atoms with Gasteiger partial charge in [-0.1, -0.05) is 6.92 Å². The third kappa shape index (κ3) is 3.32. The molecule has 0 bridgehead atoms. The molecule has 0 amide bonds. The van der Waals surface area contributed by atoms with Gasteiger partial charge in [-0.15, -0.1) is 0 Å². The fraction of sp³-hybridized carbons (Fsp3) is 0.500. The molecular formula is C16H23NO3. The second kappa shape index (κ2) is 5.85. The zero-order chi connectivity index (χ0) is 14.8. The van der Waals surface area contributed by atoms with Gasteiger partial charge in [0, 0.05) is 18.5 Å². The van der Waals surface area contributed by atoms with E-state index >= 15 is 0 Å². The van der Waals surface area contributed by atoms with Gasteiger partial charge in [-0.25, -0.2) is 0 Å². The molecule has 0 spiro atoms. The van der Waals surface area contributed by atoms with Crippen LogP contribution in [0, 0.1) is 13.8 Å². The predicted molar refractivity (Wildman–Crippen MR) is 77.5 cm³/mol. The van der Waals surface area contributed by atoms with Crippen LogP contribution in [0.15, 0.2) is 27.0 Å². The van der Waals surface area contributed by atoms with Crippen LogP contribution in [0.1, 0.15) is 42.5 Å². The van der Waals surface area contributed by atoms with Crippen molar-refractivity contribution in [1.82, 2.24) is 5.32 Å². The number of hydrogen-bond acceptors (Lipinski definition) is 4. The maximum absolute atomic E-state index is 10.6. The average Bonchev–Trinajstić information content (AvgIpc) is 2.96. The van der Waals surface area contributed by atoms with Crippen LogP contribution in [0.25, 0.3) is 0 Å². The van der Waals surface area contributed by atoms with Gasteiger partial charge in [0.25, 0.3) is 0 Å². The molecule has 0 fully saturated rings. The molecule has 2 N–H and O–H groups in total. The fourth-order valence-corrected chi connectivity index (χ4v) is 2.40. The Hall–Kier alpha value is -1.52. The first-order chi connectivity index (χ1) is 9.42. The van der Waals surface area contributed by atoms with E-state index in [1.54, 1.807) is 6.92 Å². The van der Waals surface area contributed by atoms with E-state index in [-0.39, 0.29) is 0 Å². The summed E-state index contributed by atoms with van der Waals surface area (Å²) in [4.78, 5) is 0. The minimum absolute atomic E-state index is 0.439. The van der Waals surface area contributed by atoms with E-state index in [1.165, 1.54) is 0 Å². The lowest BCUT2D eigenvalue weighted by atomic mass is 9.96. The summed E-state index contributed by atoms with van der Waals surface area (Å²) < 4.78 is 11.1. The maximum atomic E-state index is 10.6. The Kier molecular flexibility index (Phi) is 4.35. The van der Waals surface area contributed by atoms with E-state index in [0.717, 1.165) is 35.0 Å². The minimum atomic E-state index is -0.956. The Morgan fingerprint density at radius 3 is 2.45 bits per heavy atom. The van der Waals surface area contributed by atoms with E-state index in [2.05, 4.69) is 12.2 Å². The first-order valence-electron chi connectivity index (χ1n) is 7.00. The van der Waals surface area contributed by atoms with Crippen molar-refractivity contribution >= 4 is 0 Å². The summed E-state index contributed by atoms with van der Waals surface area (Å²) in [6.45, 7) is 8.65. The SMILES string of the molecule is CCc1ccc(CNCC(C)(O)c2cc(C)oc2C)o1. The number of hydrogen-bond donors (Lipinski definition) is 2. The Morgan fingerprint density at radius 1 is 1.20 bits per heavy atom. The zero-order valence-electron chi connectivity index (χ0n) is 12.6. The van der Waals surface area contributed by atoms with Gasteiger partial charge in [-0.2, -0.15) is 0 Å². The average molecular weight is 277 g/mol. The van der Waals surface area contributed by atoms with Gasteiger partial charge in [0.1, 0.15) is 28.6 Å². The van der Waals surface area contributed by atoms with Crippen LogP contribution in [0.2, 0.25) is 0 Å². The topological polar surface area (TPSA) is 58.5 Å². The highest BCUT2D eigenvalue weighted by atomic mass is 16.3. The number of furan rings is 2. The summed E-state index contributed by atoms with van der Waals surface area (Å²) in [7, 11) is 0. The molecule has 20 heavy (non-hydrogen) atoms. The first-order valence-corrected chi connectivity index (χ1v) is 7.00. The van der Waals surface area contributed by atoms with Crippen LogP contribution in [0.4, 0.5) is 0 Å². The second-order valence-electron chi connectivity index (χ2n) is 5.43. The van der Waals surface area contributed by atoms with Crippen LogP contribution < -0.4 is 5.32 Å². The van der Waals surface area contributed by atoms with E-state index < -0.39 is 5.60 Å². The molecule has 4 heteroatoms. The van der Waals surface area contributed by atoms with Crippen molar-refractivity contribution in [1.29, 1.82) is 0 Å². The monoisotopic (exact) mass is 277 g/mol. The number of aliphatic hydroxyl groups is 1. The fourth-order valence-electron chi connectivity index (χ4n) is 2.40. The van der Waals surface area contributed by atoms with Crippen molar-refractivity contribution in [3.8, 4) is 0 Å². The summed E-state index contributed by atoms with van der Waals surface area (Å²) in [6, 6.07) is 5.84. The highest BCUT2D eigenvalue weighted by Gasteiger charge is 2.27. The van der Waals surface area contributed by atoms with Crippen LogP contribution in [-0.4, -0.2) is 11.7 Å². The van der Waals surface area contributed by atoms with Gasteiger partial charge in [0.05, 0.1) is 6.54 Å². The van der Waals surface area contributed by atoms with Crippen LogP contribution in [-0.2, 0) is 18.6 Å². The van der Waals surface area contributed by atoms with Gasteiger partial charge in [-0.05, 0) is 39.0 Å². The van der Waals surface area contributed by atoms with Crippen LogP contribution in [0.5, 0.6) is 0 Å². The first kappa shape index (κ1) is 14.9. The molecule has 0 aliphatic heterocycles. The summed E-state index contributed by atoms with van der Waals surface area (Å²) in [5, 5.41) is 13.8. The molecule has 0 saturated heterocycles. The molecule has 0 aliphatic rings. The lowest BCUT2D eigenvalue weighted by Gasteiger charge is -2.23. The number of nitrogens with one attached hydrogen (secondary N) is 1.